The lowest BCUT2D eigenvalue weighted by molar-refractivity contribution is 0.533. The van der Waals surface area contributed by atoms with Crippen LogP contribution in [0.1, 0.15) is 12.5 Å². The van der Waals surface area contributed by atoms with E-state index in [0.29, 0.717) is 15.9 Å². The van der Waals surface area contributed by atoms with Crippen LogP contribution in [0, 0.1) is 11.3 Å². The monoisotopic (exact) mass is 336 g/mol. The molecule has 0 aliphatic carbocycles. The number of benzene rings is 1. The number of rotatable bonds is 5. The predicted octanol–water partition coefficient (Wildman–Crippen LogP) is 1.74. The van der Waals surface area contributed by atoms with Crippen LogP contribution in [-0.2, 0) is 13.1 Å². The fourth-order valence-corrected chi connectivity index (χ4v) is 2.69. The molecule has 0 amide bonds. The quantitative estimate of drug-likeness (QED) is 0.777. The Morgan fingerprint density at radius 1 is 1.27 bits per heavy atom. The van der Waals surface area contributed by atoms with Crippen molar-refractivity contribution in [2.24, 2.45) is 0 Å². The van der Waals surface area contributed by atoms with Gasteiger partial charge in [-0.25, -0.2) is 14.2 Å². The normalized spacial score (nSPS) is 10.4. The van der Waals surface area contributed by atoms with Crippen LogP contribution in [0.3, 0.4) is 0 Å². The minimum absolute atomic E-state index is 0.261. The van der Waals surface area contributed by atoms with E-state index in [-0.39, 0.29) is 13.1 Å². The first-order valence-corrected chi connectivity index (χ1v) is 7.89. The summed E-state index contributed by atoms with van der Waals surface area (Å²) in [6.45, 7) is 1.85. The Hall–Kier alpha value is -2.04. The second-order valence-corrected chi connectivity index (χ2v) is 6.02. The molecule has 1 heterocycles. The molecular formula is C14H13ClN4O2S. The number of nitrogens with zero attached hydrogens (tertiary/aromatic N) is 4. The first kappa shape index (κ1) is 16.3. The van der Waals surface area contributed by atoms with Gasteiger partial charge in [0.15, 0.2) is 5.16 Å². The highest BCUT2D eigenvalue weighted by molar-refractivity contribution is 7.99. The zero-order chi connectivity index (χ0) is 16.1. The highest BCUT2D eigenvalue weighted by atomic mass is 35.5. The molecule has 0 spiro atoms. The molecule has 2 aromatic rings. The average molecular weight is 337 g/mol. The standard InChI is InChI=1S/C14H13ClN4O2S/c1-2-22-13-17-12(20)18(8-7-16)14(21)19(13)9-10-3-5-11(15)6-4-10/h3-6H,2,8-9H2,1H3. The van der Waals surface area contributed by atoms with Crippen LogP contribution < -0.4 is 11.4 Å². The van der Waals surface area contributed by atoms with E-state index in [9.17, 15) is 9.59 Å². The minimum Gasteiger partial charge on any atom is -0.268 e. The molecule has 0 saturated heterocycles. The van der Waals surface area contributed by atoms with Crippen molar-refractivity contribution in [1.29, 1.82) is 5.26 Å². The van der Waals surface area contributed by atoms with Gasteiger partial charge in [0.2, 0.25) is 0 Å². The van der Waals surface area contributed by atoms with E-state index in [1.807, 2.05) is 6.92 Å². The van der Waals surface area contributed by atoms with Gasteiger partial charge in [0.05, 0.1) is 12.6 Å². The molecular weight excluding hydrogens is 324 g/mol. The van der Waals surface area contributed by atoms with Crippen molar-refractivity contribution in [1.82, 2.24) is 14.1 Å². The molecule has 22 heavy (non-hydrogen) atoms. The van der Waals surface area contributed by atoms with Crippen LogP contribution in [-0.4, -0.2) is 19.9 Å². The van der Waals surface area contributed by atoms with E-state index in [0.717, 1.165) is 10.1 Å². The molecule has 0 N–H and O–H groups in total. The van der Waals surface area contributed by atoms with Crippen molar-refractivity contribution in [2.75, 3.05) is 5.75 Å². The molecule has 1 aromatic carbocycles. The average Bonchev–Trinajstić information content (AvgIpc) is 2.50. The second kappa shape index (κ2) is 7.29. The van der Waals surface area contributed by atoms with Gasteiger partial charge in [-0.3, -0.25) is 4.57 Å². The summed E-state index contributed by atoms with van der Waals surface area (Å²) in [6, 6.07) is 8.86. The molecule has 0 unspecified atom stereocenters. The van der Waals surface area contributed by atoms with Gasteiger partial charge in [-0.1, -0.05) is 42.4 Å². The molecule has 0 radical (unpaired) electrons. The lowest BCUT2D eigenvalue weighted by Crippen LogP contribution is -2.42. The summed E-state index contributed by atoms with van der Waals surface area (Å²) in [5.41, 5.74) is -0.379. The van der Waals surface area contributed by atoms with Crippen molar-refractivity contribution in [3.8, 4) is 6.07 Å². The number of hydrogen-bond acceptors (Lipinski definition) is 5. The van der Waals surface area contributed by atoms with Crippen molar-refractivity contribution in [3.05, 3.63) is 55.8 Å². The highest BCUT2D eigenvalue weighted by Crippen LogP contribution is 2.15. The van der Waals surface area contributed by atoms with Crippen LogP contribution in [0.15, 0.2) is 39.0 Å². The maximum Gasteiger partial charge on any atom is 0.355 e. The highest BCUT2D eigenvalue weighted by Gasteiger charge is 2.13. The molecule has 2 rings (SSSR count). The molecule has 8 heteroatoms. The van der Waals surface area contributed by atoms with E-state index in [2.05, 4.69) is 4.98 Å². The third-order valence-electron chi connectivity index (χ3n) is 2.87. The molecule has 0 saturated carbocycles. The summed E-state index contributed by atoms with van der Waals surface area (Å²) in [6.07, 6.45) is 0. The Balaban J connectivity index is 2.54. The zero-order valence-corrected chi connectivity index (χ0v) is 13.4. The van der Waals surface area contributed by atoms with Gasteiger partial charge in [-0.05, 0) is 23.4 Å². The lowest BCUT2D eigenvalue weighted by atomic mass is 10.2. The smallest absolute Gasteiger partial charge is 0.268 e. The fraction of sp³-hybridized carbons (Fsp3) is 0.286. The largest absolute Gasteiger partial charge is 0.355 e. The summed E-state index contributed by atoms with van der Waals surface area (Å²) in [5, 5.41) is 9.70. The molecule has 6 nitrogen and oxygen atoms in total. The number of halogens is 1. The first-order chi connectivity index (χ1) is 10.6. The van der Waals surface area contributed by atoms with Crippen LogP contribution in [0.4, 0.5) is 0 Å². The first-order valence-electron chi connectivity index (χ1n) is 6.52. The van der Waals surface area contributed by atoms with Crippen LogP contribution in [0.2, 0.25) is 5.02 Å². The van der Waals surface area contributed by atoms with Crippen molar-refractivity contribution in [3.63, 3.8) is 0 Å². The zero-order valence-electron chi connectivity index (χ0n) is 11.8. The van der Waals surface area contributed by atoms with Gasteiger partial charge >= 0.3 is 11.4 Å². The Bertz CT molecular complexity index is 821. The number of thioether (sulfide) groups is 1. The molecule has 0 bridgehead atoms. The van der Waals surface area contributed by atoms with Crippen molar-refractivity contribution >= 4 is 23.4 Å². The molecule has 1 aromatic heterocycles. The third kappa shape index (κ3) is 3.59. The SMILES string of the molecule is CCSc1nc(=O)n(CC#N)c(=O)n1Cc1ccc(Cl)cc1. The lowest BCUT2D eigenvalue weighted by Gasteiger charge is -2.12. The summed E-state index contributed by atoms with van der Waals surface area (Å²) >= 11 is 7.16. The number of hydrogen-bond donors (Lipinski definition) is 0. The molecule has 0 fully saturated rings. The van der Waals surface area contributed by atoms with Crippen molar-refractivity contribution < 1.29 is 0 Å². The summed E-state index contributed by atoms with van der Waals surface area (Å²) in [7, 11) is 0. The van der Waals surface area contributed by atoms with Crippen LogP contribution in [0.5, 0.6) is 0 Å². The van der Waals surface area contributed by atoms with E-state index in [1.54, 1.807) is 30.3 Å². The van der Waals surface area contributed by atoms with Gasteiger partial charge in [0.25, 0.3) is 0 Å². The van der Waals surface area contributed by atoms with Gasteiger partial charge in [-0.15, -0.1) is 0 Å². The van der Waals surface area contributed by atoms with Gasteiger partial charge < -0.3 is 0 Å². The Labute approximate surface area is 136 Å². The number of nitriles is 1. The van der Waals surface area contributed by atoms with E-state index < -0.39 is 11.4 Å². The van der Waals surface area contributed by atoms with Crippen molar-refractivity contribution in [2.45, 2.75) is 25.2 Å². The summed E-state index contributed by atoms with van der Waals surface area (Å²) < 4.78 is 2.23. The molecule has 0 aliphatic rings. The fourth-order valence-electron chi connectivity index (χ4n) is 1.86. The topological polar surface area (TPSA) is 80.7 Å². The second-order valence-electron chi connectivity index (χ2n) is 4.35. The maximum absolute atomic E-state index is 12.4. The predicted molar refractivity (Wildman–Crippen MR) is 85.3 cm³/mol. The van der Waals surface area contributed by atoms with Gasteiger partial charge in [0, 0.05) is 5.02 Å². The van der Waals surface area contributed by atoms with Crippen LogP contribution in [0.25, 0.3) is 0 Å². The van der Waals surface area contributed by atoms with E-state index in [4.69, 9.17) is 16.9 Å². The third-order valence-corrected chi connectivity index (χ3v) is 3.98. The molecule has 0 atom stereocenters. The number of aromatic nitrogens is 3. The Morgan fingerprint density at radius 2 is 1.95 bits per heavy atom. The summed E-state index contributed by atoms with van der Waals surface area (Å²) in [4.78, 5) is 28.2. The maximum atomic E-state index is 12.4. The van der Waals surface area contributed by atoms with E-state index in [1.165, 1.54) is 16.3 Å². The molecule has 0 aliphatic heterocycles. The molecule has 114 valence electrons. The minimum atomic E-state index is -0.699. The van der Waals surface area contributed by atoms with E-state index >= 15 is 0 Å². The Morgan fingerprint density at radius 3 is 2.55 bits per heavy atom. The van der Waals surface area contributed by atoms with Crippen LogP contribution >= 0.6 is 23.4 Å². The van der Waals surface area contributed by atoms with Gasteiger partial charge in [0.1, 0.15) is 6.54 Å². The Kier molecular flexibility index (Phi) is 5.41. The van der Waals surface area contributed by atoms with Gasteiger partial charge in [-0.2, -0.15) is 10.2 Å². The summed E-state index contributed by atoms with van der Waals surface area (Å²) in [5.74, 6) is 0.675.